The third-order valence-electron chi connectivity index (χ3n) is 3.79. The molecule has 2 rings (SSSR count). The van der Waals surface area contributed by atoms with Crippen molar-refractivity contribution in [3.63, 3.8) is 0 Å². The van der Waals surface area contributed by atoms with Crippen molar-refractivity contribution < 1.29 is 19.1 Å². The Morgan fingerprint density at radius 3 is 2.64 bits per heavy atom. The average molecular weight is 306 g/mol. The van der Waals surface area contributed by atoms with Gasteiger partial charge >= 0.3 is 0 Å². The summed E-state index contributed by atoms with van der Waals surface area (Å²) in [6.07, 6.45) is 1.38. The van der Waals surface area contributed by atoms with E-state index in [4.69, 9.17) is 9.47 Å². The van der Waals surface area contributed by atoms with E-state index in [2.05, 4.69) is 5.32 Å². The number of ether oxygens (including phenoxy) is 2. The number of hydrogen-bond acceptors (Lipinski definition) is 4. The van der Waals surface area contributed by atoms with Crippen LogP contribution in [0, 0.1) is 0 Å². The van der Waals surface area contributed by atoms with E-state index in [0.29, 0.717) is 37.3 Å². The minimum Gasteiger partial charge on any atom is -0.493 e. The first kappa shape index (κ1) is 16.1. The molecule has 0 radical (unpaired) electrons. The second-order valence-corrected chi connectivity index (χ2v) is 5.43. The number of aryl methyl sites for hydroxylation is 1. The van der Waals surface area contributed by atoms with Crippen LogP contribution >= 0.6 is 0 Å². The van der Waals surface area contributed by atoms with Gasteiger partial charge in [-0.1, -0.05) is 6.07 Å². The molecule has 1 aromatic carbocycles. The highest BCUT2D eigenvalue weighted by molar-refractivity contribution is 5.82. The number of likely N-dealkylation sites (tertiary alicyclic amines) is 1. The molecule has 1 fully saturated rings. The van der Waals surface area contributed by atoms with Gasteiger partial charge in [0.15, 0.2) is 11.5 Å². The molecule has 1 N–H and O–H groups in total. The monoisotopic (exact) mass is 306 g/mol. The van der Waals surface area contributed by atoms with Gasteiger partial charge in [-0.15, -0.1) is 0 Å². The van der Waals surface area contributed by atoms with E-state index in [-0.39, 0.29) is 17.9 Å². The molecule has 1 unspecified atom stereocenters. The van der Waals surface area contributed by atoms with Crippen molar-refractivity contribution in [1.29, 1.82) is 0 Å². The zero-order valence-corrected chi connectivity index (χ0v) is 13.2. The number of nitrogens with zero attached hydrogens (tertiary/aromatic N) is 1. The van der Waals surface area contributed by atoms with E-state index in [1.165, 1.54) is 0 Å². The van der Waals surface area contributed by atoms with E-state index in [1.54, 1.807) is 26.2 Å². The molecular formula is C16H22N2O4. The highest BCUT2D eigenvalue weighted by atomic mass is 16.5. The lowest BCUT2D eigenvalue weighted by Gasteiger charge is -2.13. The highest BCUT2D eigenvalue weighted by Crippen LogP contribution is 2.27. The molecule has 0 aromatic heterocycles. The normalized spacial score (nSPS) is 17.5. The molecule has 1 heterocycles. The molecule has 6 heteroatoms. The molecule has 2 amide bonds. The first-order valence-corrected chi connectivity index (χ1v) is 7.27. The van der Waals surface area contributed by atoms with Crippen LogP contribution in [0.1, 0.15) is 18.4 Å². The van der Waals surface area contributed by atoms with E-state index in [1.807, 2.05) is 18.2 Å². The molecule has 0 spiro atoms. The number of rotatable bonds is 6. The van der Waals surface area contributed by atoms with Crippen molar-refractivity contribution in [2.24, 2.45) is 0 Å². The molecule has 22 heavy (non-hydrogen) atoms. The van der Waals surface area contributed by atoms with E-state index in [0.717, 1.165) is 5.56 Å². The number of carbonyl (C=O) groups excluding carboxylic acids is 2. The average Bonchev–Trinajstić information content (AvgIpc) is 2.82. The van der Waals surface area contributed by atoms with E-state index < -0.39 is 0 Å². The van der Waals surface area contributed by atoms with Gasteiger partial charge in [0.05, 0.1) is 20.3 Å². The van der Waals surface area contributed by atoms with Gasteiger partial charge in [0.1, 0.15) is 0 Å². The van der Waals surface area contributed by atoms with Crippen LogP contribution < -0.4 is 14.8 Å². The molecule has 120 valence electrons. The second-order valence-electron chi connectivity index (χ2n) is 5.43. The fourth-order valence-corrected chi connectivity index (χ4v) is 2.55. The van der Waals surface area contributed by atoms with E-state index in [9.17, 15) is 9.59 Å². The molecule has 1 saturated heterocycles. The van der Waals surface area contributed by atoms with Crippen LogP contribution in [0.5, 0.6) is 11.5 Å². The topological polar surface area (TPSA) is 67.9 Å². The summed E-state index contributed by atoms with van der Waals surface area (Å²) >= 11 is 0. The lowest BCUT2D eigenvalue weighted by molar-refractivity contribution is -0.126. The Morgan fingerprint density at radius 2 is 2.05 bits per heavy atom. The smallest absolute Gasteiger partial charge is 0.224 e. The van der Waals surface area contributed by atoms with Crippen LogP contribution in [0.15, 0.2) is 18.2 Å². The van der Waals surface area contributed by atoms with Crippen molar-refractivity contribution in [3.8, 4) is 11.5 Å². The number of carbonyl (C=O) groups is 2. The van der Waals surface area contributed by atoms with Crippen LogP contribution in [0.25, 0.3) is 0 Å². The van der Waals surface area contributed by atoms with E-state index >= 15 is 0 Å². The quantitative estimate of drug-likeness (QED) is 0.851. The van der Waals surface area contributed by atoms with Crippen molar-refractivity contribution in [2.75, 3.05) is 27.8 Å². The van der Waals surface area contributed by atoms with Crippen LogP contribution in [0.2, 0.25) is 0 Å². The summed E-state index contributed by atoms with van der Waals surface area (Å²) in [4.78, 5) is 25.0. The number of methoxy groups -OCH3 is 2. The van der Waals surface area contributed by atoms with Gasteiger partial charge in [0.2, 0.25) is 11.8 Å². The highest BCUT2D eigenvalue weighted by Gasteiger charge is 2.27. The third kappa shape index (κ3) is 3.90. The molecule has 0 bridgehead atoms. The van der Waals surface area contributed by atoms with Crippen LogP contribution in [-0.4, -0.2) is 50.6 Å². The Bertz CT molecular complexity index is 559. The van der Waals surface area contributed by atoms with Gasteiger partial charge in [-0.05, 0) is 24.1 Å². The second kappa shape index (κ2) is 7.15. The number of benzene rings is 1. The lowest BCUT2D eigenvalue weighted by Crippen LogP contribution is -2.36. The standard InChI is InChI=1S/C16H22N2O4/c1-18-10-12(9-16(18)20)17-15(19)7-5-11-4-6-13(21-2)14(8-11)22-3/h4,6,8,12H,5,7,9-10H2,1-3H3,(H,17,19). The van der Waals surface area contributed by atoms with Crippen molar-refractivity contribution in [2.45, 2.75) is 25.3 Å². The maximum atomic E-state index is 12.0. The molecule has 1 atom stereocenters. The summed E-state index contributed by atoms with van der Waals surface area (Å²) in [7, 11) is 4.92. The third-order valence-corrected chi connectivity index (χ3v) is 3.79. The van der Waals surface area contributed by atoms with Gasteiger partial charge in [-0.2, -0.15) is 0 Å². The van der Waals surface area contributed by atoms with Gasteiger partial charge < -0.3 is 19.7 Å². The summed E-state index contributed by atoms with van der Waals surface area (Å²) in [5.74, 6) is 1.36. The van der Waals surface area contributed by atoms with Crippen molar-refractivity contribution in [1.82, 2.24) is 10.2 Å². The van der Waals surface area contributed by atoms with Gasteiger partial charge in [0, 0.05) is 26.4 Å². The summed E-state index contributed by atoms with van der Waals surface area (Å²) in [5.41, 5.74) is 1.01. The summed E-state index contributed by atoms with van der Waals surface area (Å²) in [6, 6.07) is 5.55. The fraction of sp³-hybridized carbons (Fsp3) is 0.500. The van der Waals surface area contributed by atoms with Gasteiger partial charge in [0.25, 0.3) is 0 Å². The Hall–Kier alpha value is -2.24. The predicted molar refractivity (Wildman–Crippen MR) is 82.1 cm³/mol. The van der Waals surface area contributed by atoms with Gasteiger partial charge in [-0.3, -0.25) is 9.59 Å². The molecular weight excluding hydrogens is 284 g/mol. The van der Waals surface area contributed by atoms with Crippen LogP contribution in [0.4, 0.5) is 0 Å². The van der Waals surface area contributed by atoms with Crippen molar-refractivity contribution in [3.05, 3.63) is 23.8 Å². The first-order chi connectivity index (χ1) is 10.5. The Balaban J connectivity index is 1.85. The maximum Gasteiger partial charge on any atom is 0.224 e. The van der Waals surface area contributed by atoms with Gasteiger partial charge in [-0.25, -0.2) is 0 Å². The molecule has 6 nitrogen and oxygen atoms in total. The molecule has 0 saturated carbocycles. The number of amides is 2. The van der Waals surface area contributed by atoms with Crippen molar-refractivity contribution >= 4 is 11.8 Å². The predicted octanol–water partition coefficient (Wildman–Crippen LogP) is 0.983. The first-order valence-electron chi connectivity index (χ1n) is 7.27. The molecule has 1 aromatic rings. The number of likely N-dealkylation sites (N-methyl/N-ethyl adjacent to an activating group) is 1. The van der Waals surface area contributed by atoms with Crippen LogP contribution in [0.3, 0.4) is 0 Å². The Kier molecular flexibility index (Phi) is 5.25. The summed E-state index contributed by atoms with van der Waals surface area (Å²) in [5, 5.41) is 2.90. The Morgan fingerprint density at radius 1 is 1.32 bits per heavy atom. The maximum absolute atomic E-state index is 12.0. The lowest BCUT2D eigenvalue weighted by atomic mass is 10.1. The number of nitrogens with one attached hydrogen (secondary N) is 1. The zero-order chi connectivity index (χ0) is 16.1. The Labute approximate surface area is 130 Å². The SMILES string of the molecule is COc1ccc(CCC(=O)NC2CC(=O)N(C)C2)cc1OC. The summed E-state index contributed by atoms with van der Waals surface area (Å²) in [6.45, 7) is 0.584. The molecule has 0 aliphatic carbocycles. The minimum absolute atomic E-state index is 0.0390. The largest absolute Gasteiger partial charge is 0.493 e. The summed E-state index contributed by atoms with van der Waals surface area (Å²) < 4.78 is 10.4. The molecule has 1 aliphatic rings. The zero-order valence-electron chi connectivity index (χ0n) is 13.2. The van der Waals surface area contributed by atoms with Crippen LogP contribution in [-0.2, 0) is 16.0 Å². The molecule has 1 aliphatic heterocycles. The fourth-order valence-electron chi connectivity index (χ4n) is 2.55. The minimum atomic E-state index is -0.0737. The number of hydrogen-bond donors (Lipinski definition) is 1.